The molecule has 12 heteroatoms. The third-order valence-corrected chi connectivity index (χ3v) is 6.39. The van der Waals surface area contributed by atoms with Gasteiger partial charge in [0.2, 0.25) is 0 Å². The number of ether oxygens (including phenoxy) is 3. The van der Waals surface area contributed by atoms with Crippen LogP contribution < -0.4 is 19.5 Å². The third-order valence-electron chi connectivity index (χ3n) is 5.59. The summed E-state index contributed by atoms with van der Waals surface area (Å²) in [5.41, 5.74) is 3.50. The van der Waals surface area contributed by atoms with Gasteiger partial charge in [-0.15, -0.1) is 11.3 Å². The van der Waals surface area contributed by atoms with Gasteiger partial charge in [-0.3, -0.25) is 19.7 Å². The molecule has 5 aromatic rings. The van der Waals surface area contributed by atoms with Crippen LogP contribution in [0.15, 0.2) is 54.4 Å². The smallest absolute Gasteiger partial charge is 0.261 e. The Kier molecular flexibility index (Phi) is 6.71. The van der Waals surface area contributed by atoms with E-state index in [1.165, 1.54) is 50.1 Å². The van der Waals surface area contributed by atoms with Crippen LogP contribution >= 0.6 is 11.3 Å². The van der Waals surface area contributed by atoms with E-state index in [1.807, 2.05) is 0 Å². The van der Waals surface area contributed by atoms with E-state index in [-0.39, 0.29) is 34.4 Å². The van der Waals surface area contributed by atoms with Crippen molar-refractivity contribution >= 4 is 34.0 Å². The molecule has 0 fully saturated rings. The predicted molar refractivity (Wildman–Crippen MR) is 139 cm³/mol. The molecule has 0 unspecified atom stereocenters. The van der Waals surface area contributed by atoms with Crippen LogP contribution in [0.4, 0.5) is 10.1 Å². The van der Waals surface area contributed by atoms with Crippen molar-refractivity contribution in [2.75, 3.05) is 19.5 Å². The van der Waals surface area contributed by atoms with Gasteiger partial charge < -0.3 is 24.6 Å². The number of hydrogen-bond donors (Lipinski definition) is 2. The van der Waals surface area contributed by atoms with E-state index in [2.05, 4.69) is 25.3 Å². The van der Waals surface area contributed by atoms with Gasteiger partial charge in [0.25, 0.3) is 11.8 Å². The van der Waals surface area contributed by atoms with E-state index in [9.17, 15) is 9.90 Å². The quantitative estimate of drug-likeness (QED) is 0.284. The molecule has 0 aliphatic rings. The lowest BCUT2D eigenvalue weighted by molar-refractivity contribution is 0.102. The number of methoxy groups -OCH3 is 2. The molecule has 4 aromatic heterocycles. The van der Waals surface area contributed by atoms with Crippen LogP contribution in [0.1, 0.15) is 16.1 Å². The Hall–Kier alpha value is -4.84. The molecule has 0 atom stereocenters. The normalized spacial score (nSPS) is 10.8. The summed E-state index contributed by atoms with van der Waals surface area (Å²) in [5.74, 6) is -0.848. The Morgan fingerprint density at radius 2 is 1.89 bits per heavy atom. The number of hydrogen-bond acceptors (Lipinski definition) is 10. The number of carbonyl (C=O) groups excluding carboxylic acids is 1. The number of fused-ring (bicyclic) bond motifs is 1. The third kappa shape index (κ3) is 4.64. The van der Waals surface area contributed by atoms with E-state index in [1.54, 1.807) is 30.8 Å². The largest absolute Gasteiger partial charge is 0.506 e. The number of pyridine rings is 3. The average molecular weight is 534 g/mol. The molecule has 38 heavy (non-hydrogen) atoms. The molecule has 0 aliphatic carbocycles. The Morgan fingerprint density at radius 1 is 1.05 bits per heavy atom. The lowest BCUT2D eigenvalue weighted by Crippen LogP contribution is -2.13. The van der Waals surface area contributed by atoms with Crippen LogP contribution in [-0.4, -0.2) is 45.2 Å². The first-order chi connectivity index (χ1) is 18.4. The SMILES string of the molecule is COc1cc2nccc(Oc3ccc(NC(=O)c4cnc(C)c(-c5cncs5)c4O)cc3F)c2nc1OC. The second-order valence-corrected chi connectivity index (χ2v) is 8.81. The first-order valence-electron chi connectivity index (χ1n) is 11.1. The minimum absolute atomic E-state index is 0.0570. The molecular weight excluding hydrogens is 513 g/mol. The van der Waals surface area contributed by atoms with Gasteiger partial charge >= 0.3 is 0 Å². The van der Waals surface area contributed by atoms with Gasteiger partial charge in [-0.2, -0.15) is 0 Å². The number of amides is 1. The molecule has 2 N–H and O–H groups in total. The van der Waals surface area contributed by atoms with Crippen molar-refractivity contribution in [2.24, 2.45) is 0 Å². The second-order valence-electron chi connectivity index (χ2n) is 7.92. The second kappa shape index (κ2) is 10.3. The van der Waals surface area contributed by atoms with Crippen LogP contribution in [-0.2, 0) is 0 Å². The van der Waals surface area contributed by atoms with E-state index in [0.29, 0.717) is 32.9 Å². The monoisotopic (exact) mass is 533 g/mol. The lowest BCUT2D eigenvalue weighted by atomic mass is 10.1. The highest BCUT2D eigenvalue weighted by atomic mass is 32.1. The summed E-state index contributed by atoms with van der Waals surface area (Å²) in [7, 11) is 2.94. The number of rotatable bonds is 7. The zero-order valence-electron chi connectivity index (χ0n) is 20.4. The van der Waals surface area contributed by atoms with Gasteiger partial charge in [0.1, 0.15) is 16.8 Å². The van der Waals surface area contributed by atoms with Crippen LogP contribution in [0, 0.1) is 12.7 Å². The number of carbonyl (C=O) groups is 1. The number of anilines is 1. The van der Waals surface area contributed by atoms with Gasteiger partial charge in [0, 0.05) is 48.2 Å². The summed E-state index contributed by atoms with van der Waals surface area (Å²) >= 11 is 1.31. The number of aromatic hydroxyl groups is 1. The van der Waals surface area contributed by atoms with Crippen LogP contribution in [0.5, 0.6) is 28.9 Å². The van der Waals surface area contributed by atoms with Crippen molar-refractivity contribution in [3.05, 3.63) is 71.5 Å². The van der Waals surface area contributed by atoms with Crippen molar-refractivity contribution in [1.82, 2.24) is 19.9 Å². The number of thiazole rings is 1. The van der Waals surface area contributed by atoms with Crippen molar-refractivity contribution < 1.29 is 28.5 Å². The summed E-state index contributed by atoms with van der Waals surface area (Å²) in [4.78, 5) is 30.4. The first-order valence-corrected chi connectivity index (χ1v) is 12.0. The predicted octanol–water partition coefficient (Wildman–Crippen LogP) is 5.36. The van der Waals surface area contributed by atoms with Crippen molar-refractivity contribution in [1.29, 1.82) is 0 Å². The van der Waals surface area contributed by atoms with Crippen molar-refractivity contribution in [2.45, 2.75) is 6.92 Å². The molecule has 5 rings (SSSR count). The van der Waals surface area contributed by atoms with E-state index in [4.69, 9.17) is 14.2 Å². The maximum Gasteiger partial charge on any atom is 0.261 e. The summed E-state index contributed by atoms with van der Waals surface area (Å²) in [5, 5.41) is 13.3. The van der Waals surface area contributed by atoms with Crippen LogP contribution in [0.25, 0.3) is 21.5 Å². The number of aromatic nitrogens is 4. The molecule has 1 aromatic carbocycles. The molecule has 0 saturated heterocycles. The molecule has 192 valence electrons. The fourth-order valence-electron chi connectivity index (χ4n) is 3.76. The number of halogens is 1. The molecule has 10 nitrogen and oxygen atoms in total. The van der Waals surface area contributed by atoms with Gasteiger partial charge in [-0.05, 0) is 19.1 Å². The average Bonchev–Trinajstić information content (AvgIpc) is 3.44. The molecule has 0 radical (unpaired) electrons. The Labute approximate surface area is 219 Å². The van der Waals surface area contributed by atoms with E-state index >= 15 is 4.39 Å². The minimum atomic E-state index is -0.732. The molecule has 0 spiro atoms. The van der Waals surface area contributed by atoms with Gasteiger partial charge in [0.15, 0.2) is 23.1 Å². The zero-order chi connectivity index (χ0) is 26.8. The summed E-state index contributed by atoms with van der Waals surface area (Å²) in [6.45, 7) is 1.72. The molecular formula is C26H20FN5O5S. The molecule has 0 saturated carbocycles. The van der Waals surface area contributed by atoms with Gasteiger partial charge in [0.05, 0.1) is 35.7 Å². The molecule has 0 bridgehead atoms. The molecule has 1 amide bonds. The maximum atomic E-state index is 15.0. The Bertz CT molecular complexity index is 1660. The highest BCUT2D eigenvalue weighted by molar-refractivity contribution is 7.13. The maximum absolute atomic E-state index is 15.0. The van der Waals surface area contributed by atoms with Crippen molar-refractivity contribution in [3.8, 4) is 39.3 Å². The van der Waals surface area contributed by atoms with Crippen molar-refractivity contribution in [3.63, 3.8) is 0 Å². The van der Waals surface area contributed by atoms with E-state index < -0.39 is 11.7 Å². The Morgan fingerprint density at radius 3 is 2.61 bits per heavy atom. The molecule has 0 aliphatic heterocycles. The summed E-state index contributed by atoms with van der Waals surface area (Å²) < 4.78 is 31.3. The topological polar surface area (TPSA) is 129 Å². The number of nitrogens with one attached hydrogen (secondary N) is 1. The highest BCUT2D eigenvalue weighted by Crippen LogP contribution is 2.37. The lowest BCUT2D eigenvalue weighted by Gasteiger charge is -2.13. The van der Waals surface area contributed by atoms with Crippen LogP contribution in [0.3, 0.4) is 0 Å². The molecule has 4 heterocycles. The zero-order valence-corrected chi connectivity index (χ0v) is 21.2. The van der Waals surface area contributed by atoms with E-state index in [0.717, 1.165) is 6.07 Å². The first kappa shape index (κ1) is 24.8. The Balaban J connectivity index is 1.39. The fraction of sp³-hybridized carbons (Fsp3) is 0.115. The number of benzene rings is 1. The fourth-order valence-corrected chi connectivity index (χ4v) is 4.48. The highest BCUT2D eigenvalue weighted by Gasteiger charge is 2.20. The summed E-state index contributed by atoms with van der Waals surface area (Å²) in [6.07, 6.45) is 4.35. The number of aryl methyl sites for hydroxylation is 1. The summed E-state index contributed by atoms with van der Waals surface area (Å²) in [6, 6.07) is 7.13. The van der Waals surface area contributed by atoms with Crippen LogP contribution in [0.2, 0.25) is 0 Å². The van der Waals surface area contributed by atoms with Gasteiger partial charge in [-0.25, -0.2) is 9.37 Å². The standard InChI is InChI=1S/C26H20FN5O5S/c1-13-22(21-11-28-12-38-21)24(33)15(10-30-13)25(34)31-14-4-5-18(16(27)8-14)37-19-6-7-29-17-9-20(35-2)26(36-3)32-23(17)19/h4-12H,1-3H3,(H,30,33)(H,31,34). The minimum Gasteiger partial charge on any atom is -0.506 e. The van der Waals surface area contributed by atoms with Gasteiger partial charge in [-0.1, -0.05) is 0 Å². The number of nitrogens with zero attached hydrogens (tertiary/aromatic N) is 4.